The molecular formula is C35H41F6N5O3. The second-order valence-electron chi connectivity index (χ2n) is 14.6. The van der Waals surface area contributed by atoms with Gasteiger partial charge in [-0.05, 0) is 64.8 Å². The maximum Gasteiger partial charge on any atom is 0.417 e. The molecule has 14 heteroatoms. The summed E-state index contributed by atoms with van der Waals surface area (Å²) in [5.41, 5.74) is -6.11. The number of anilines is 2. The van der Waals surface area contributed by atoms with E-state index in [9.17, 15) is 27.6 Å². The summed E-state index contributed by atoms with van der Waals surface area (Å²) in [6.45, 7) is 13.9. The van der Waals surface area contributed by atoms with E-state index in [1.807, 2.05) is 41.7 Å². The van der Waals surface area contributed by atoms with Crippen molar-refractivity contribution in [1.82, 2.24) is 15.2 Å². The fourth-order valence-corrected chi connectivity index (χ4v) is 6.49. The third-order valence-electron chi connectivity index (χ3n) is 8.52. The number of hydrogen-bond acceptors (Lipinski definition) is 5. The predicted octanol–water partition coefficient (Wildman–Crippen LogP) is 7.20. The number of carbonyl (C=O) groups excluding carboxylic acids is 2. The monoisotopic (exact) mass is 693 g/mol. The number of likely N-dealkylation sites (N-methyl/N-ethyl adjacent to an activating group) is 1. The number of nitrogens with zero attached hydrogens (tertiary/aromatic N) is 2. The van der Waals surface area contributed by atoms with E-state index >= 15 is 13.2 Å². The zero-order chi connectivity index (χ0) is 36.8. The first-order valence-corrected chi connectivity index (χ1v) is 15.7. The third-order valence-corrected chi connectivity index (χ3v) is 8.52. The van der Waals surface area contributed by atoms with Crippen LogP contribution in [0.25, 0.3) is 11.1 Å². The Morgan fingerprint density at radius 1 is 0.837 bits per heavy atom. The molecule has 2 amide bonds. The van der Waals surface area contributed by atoms with Crippen LogP contribution in [0.1, 0.15) is 81.2 Å². The van der Waals surface area contributed by atoms with E-state index in [-0.39, 0.29) is 34.9 Å². The van der Waals surface area contributed by atoms with E-state index in [0.29, 0.717) is 31.8 Å². The lowest BCUT2D eigenvalue weighted by Crippen LogP contribution is -2.55. The van der Waals surface area contributed by atoms with Crippen molar-refractivity contribution in [3.8, 4) is 11.1 Å². The summed E-state index contributed by atoms with van der Waals surface area (Å²) < 4.78 is 88.0. The normalized spacial score (nSPS) is 17.6. The first kappa shape index (κ1) is 37.5. The molecule has 0 aliphatic carbocycles. The minimum Gasteiger partial charge on any atom is -0.367 e. The Morgan fingerprint density at radius 3 is 1.98 bits per heavy atom. The van der Waals surface area contributed by atoms with E-state index in [4.69, 9.17) is 0 Å². The number of aromatic amines is 1. The van der Waals surface area contributed by atoms with Crippen LogP contribution in [0.3, 0.4) is 0 Å². The van der Waals surface area contributed by atoms with Crippen molar-refractivity contribution < 1.29 is 35.9 Å². The SMILES string of the molecule is CC1CN(c2cc(F)c(-c3cc(C(=O)NC(C)(C)CC(C)(C)C)c(F)cc3F)cc2NC(=O)c2c[nH]c(=O)cc2C(F)(F)F)C[C@H](C)N1C. The Kier molecular flexibility index (Phi) is 10.3. The van der Waals surface area contributed by atoms with E-state index in [2.05, 4.69) is 20.5 Å². The first-order valence-electron chi connectivity index (χ1n) is 15.7. The number of nitrogens with one attached hydrogen (secondary N) is 3. The molecule has 0 spiro atoms. The molecule has 3 aromatic rings. The highest BCUT2D eigenvalue weighted by Gasteiger charge is 2.37. The van der Waals surface area contributed by atoms with Gasteiger partial charge in [0.05, 0.1) is 28.1 Å². The molecule has 0 radical (unpaired) electrons. The molecule has 1 unspecified atom stereocenters. The highest BCUT2D eigenvalue weighted by molar-refractivity contribution is 6.07. The summed E-state index contributed by atoms with van der Waals surface area (Å²) in [4.78, 5) is 44.2. The van der Waals surface area contributed by atoms with Crippen molar-refractivity contribution in [3.63, 3.8) is 0 Å². The average Bonchev–Trinajstić information content (AvgIpc) is 2.94. The van der Waals surface area contributed by atoms with E-state index in [0.717, 1.165) is 18.2 Å². The number of amides is 2. The van der Waals surface area contributed by atoms with Crippen LogP contribution in [0, 0.1) is 22.9 Å². The Hall–Kier alpha value is -4.33. The van der Waals surface area contributed by atoms with Crippen molar-refractivity contribution in [2.75, 3.05) is 30.4 Å². The van der Waals surface area contributed by atoms with Crippen molar-refractivity contribution in [1.29, 1.82) is 0 Å². The molecule has 1 aliphatic rings. The average molecular weight is 694 g/mol. The van der Waals surface area contributed by atoms with Gasteiger partial charge in [-0.1, -0.05) is 20.8 Å². The molecule has 49 heavy (non-hydrogen) atoms. The number of H-pyrrole nitrogens is 1. The van der Waals surface area contributed by atoms with Gasteiger partial charge in [0.15, 0.2) is 0 Å². The van der Waals surface area contributed by atoms with Gasteiger partial charge in [-0.25, -0.2) is 13.2 Å². The topological polar surface area (TPSA) is 97.5 Å². The fraction of sp³-hybridized carbons (Fsp3) is 0.457. The van der Waals surface area contributed by atoms with E-state index < -0.39 is 74.4 Å². The molecule has 1 aromatic heterocycles. The first-order chi connectivity index (χ1) is 22.5. The number of aromatic nitrogens is 1. The largest absolute Gasteiger partial charge is 0.417 e. The maximum absolute atomic E-state index is 16.0. The van der Waals surface area contributed by atoms with Gasteiger partial charge in [0.2, 0.25) is 5.56 Å². The molecular weight excluding hydrogens is 652 g/mol. The van der Waals surface area contributed by atoms with Gasteiger partial charge in [-0.2, -0.15) is 13.2 Å². The molecule has 8 nitrogen and oxygen atoms in total. The van der Waals surface area contributed by atoms with Crippen LogP contribution in [0.2, 0.25) is 0 Å². The van der Waals surface area contributed by atoms with Crippen molar-refractivity contribution in [2.45, 2.75) is 78.7 Å². The van der Waals surface area contributed by atoms with Crippen LogP contribution in [0.4, 0.5) is 37.7 Å². The van der Waals surface area contributed by atoms with E-state index in [1.165, 1.54) is 0 Å². The summed E-state index contributed by atoms with van der Waals surface area (Å²) >= 11 is 0. The van der Waals surface area contributed by atoms with Gasteiger partial charge in [-0.15, -0.1) is 0 Å². The fourth-order valence-electron chi connectivity index (χ4n) is 6.49. The van der Waals surface area contributed by atoms with Crippen LogP contribution < -0.4 is 21.1 Å². The van der Waals surface area contributed by atoms with Gasteiger partial charge in [-0.3, -0.25) is 19.3 Å². The predicted molar refractivity (Wildman–Crippen MR) is 176 cm³/mol. The second kappa shape index (κ2) is 13.5. The molecule has 266 valence electrons. The Balaban J connectivity index is 1.85. The number of carbonyl (C=O) groups is 2. The van der Waals surface area contributed by atoms with Gasteiger partial charge < -0.3 is 20.5 Å². The summed E-state index contributed by atoms with van der Waals surface area (Å²) in [6.07, 6.45) is -3.93. The standard InChI is InChI=1S/C35H41F6N5O3/c1-18-15-46(16-19(2)45(18)8)29-13-27(38)21(10-28(29)43-31(48)23-14-42-30(47)11-24(23)35(39,40)41)20-9-22(26(37)12-25(20)36)32(49)44-34(6,7)17-33(3,4)5/h9-14,18-19H,15-17H2,1-8H3,(H,42,47)(H,43,48)(H,44,49)/t18-,19?/m0/s1. The molecule has 0 saturated carbocycles. The van der Waals surface area contributed by atoms with Gasteiger partial charge in [0, 0.05) is 60.2 Å². The zero-order valence-electron chi connectivity index (χ0n) is 28.6. The second-order valence-corrected chi connectivity index (χ2v) is 14.6. The summed E-state index contributed by atoms with van der Waals surface area (Å²) in [5.74, 6) is -5.53. The molecule has 2 heterocycles. The molecule has 0 bridgehead atoms. The quantitative estimate of drug-likeness (QED) is 0.228. The summed E-state index contributed by atoms with van der Waals surface area (Å²) in [6, 6.07) is 3.51. The molecule has 2 atom stereocenters. The molecule has 2 aromatic carbocycles. The summed E-state index contributed by atoms with van der Waals surface area (Å²) in [5, 5.41) is 5.14. The number of halogens is 6. The van der Waals surface area contributed by atoms with Crippen LogP contribution >= 0.6 is 0 Å². The number of hydrogen-bond donors (Lipinski definition) is 3. The number of benzene rings is 2. The highest BCUT2D eigenvalue weighted by Crippen LogP contribution is 2.39. The number of rotatable bonds is 7. The lowest BCUT2D eigenvalue weighted by molar-refractivity contribution is -0.138. The highest BCUT2D eigenvalue weighted by atomic mass is 19.4. The smallest absolute Gasteiger partial charge is 0.367 e. The Labute approximate surface area is 280 Å². The van der Waals surface area contributed by atoms with Gasteiger partial charge in [0.1, 0.15) is 17.5 Å². The van der Waals surface area contributed by atoms with Crippen LogP contribution in [-0.4, -0.2) is 59.5 Å². The van der Waals surface area contributed by atoms with Crippen LogP contribution in [-0.2, 0) is 6.18 Å². The Bertz CT molecular complexity index is 1800. The third kappa shape index (κ3) is 8.64. The van der Waals surface area contributed by atoms with Crippen molar-refractivity contribution in [2.24, 2.45) is 5.41 Å². The van der Waals surface area contributed by atoms with Crippen LogP contribution in [0.5, 0.6) is 0 Å². The minimum absolute atomic E-state index is 0.0517. The van der Waals surface area contributed by atoms with Gasteiger partial charge in [0.25, 0.3) is 11.8 Å². The molecule has 1 fully saturated rings. The maximum atomic E-state index is 16.0. The Morgan fingerprint density at radius 2 is 1.41 bits per heavy atom. The zero-order valence-corrected chi connectivity index (χ0v) is 28.6. The van der Waals surface area contributed by atoms with Crippen molar-refractivity contribution in [3.05, 3.63) is 81.0 Å². The van der Waals surface area contributed by atoms with E-state index in [1.54, 1.807) is 18.7 Å². The lowest BCUT2D eigenvalue weighted by Gasteiger charge is -2.44. The molecule has 4 rings (SSSR count). The molecule has 1 saturated heterocycles. The van der Waals surface area contributed by atoms with Crippen molar-refractivity contribution >= 4 is 23.2 Å². The number of piperazine rings is 1. The number of alkyl halides is 3. The number of pyridine rings is 1. The lowest BCUT2D eigenvalue weighted by atomic mass is 9.81. The summed E-state index contributed by atoms with van der Waals surface area (Å²) in [7, 11) is 1.91. The van der Waals surface area contributed by atoms with Crippen LogP contribution in [0.15, 0.2) is 41.3 Å². The molecule has 1 aliphatic heterocycles. The van der Waals surface area contributed by atoms with Gasteiger partial charge >= 0.3 is 6.18 Å². The minimum atomic E-state index is -5.06. The molecule has 3 N–H and O–H groups in total.